The Hall–Kier alpha value is -5.22. The zero-order valence-corrected chi connectivity index (χ0v) is 21.5. The van der Waals surface area contributed by atoms with Crippen LogP contribution < -0.4 is 15.8 Å². The minimum atomic E-state index is 0.0154. The Morgan fingerprint density at radius 3 is 2.25 bits per heavy atom. The number of rotatable bonds is 1. The van der Waals surface area contributed by atoms with E-state index in [-0.39, 0.29) is 6.85 Å². The molecule has 0 spiro atoms. The third-order valence-electron chi connectivity index (χ3n) is 8.93. The molecule has 2 aromatic heterocycles. The summed E-state index contributed by atoms with van der Waals surface area (Å²) in [4.78, 5) is 2.45. The number of hydrogen-bond acceptors (Lipinski definition) is 2. The van der Waals surface area contributed by atoms with Gasteiger partial charge in [0.15, 0.2) is 5.58 Å². The molecule has 0 aliphatic carbocycles. The van der Waals surface area contributed by atoms with Crippen LogP contribution in [0.3, 0.4) is 0 Å². The molecule has 0 atom stereocenters. The van der Waals surface area contributed by atoms with Gasteiger partial charge in [-0.3, -0.25) is 0 Å². The first-order valence-corrected chi connectivity index (χ1v) is 13.8. The van der Waals surface area contributed by atoms with Gasteiger partial charge in [-0.2, -0.15) is 0 Å². The molecule has 0 N–H and O–H groups in total. The summed E-state index contributed by atoms with van der Waals surface area (Å²) in [7, 11) is 0. The number of aromatic nitrogens is 1. The van der Waals surface area contributed by atoms with Crippen LogP contribution in [-0.2, 0) is 0 Å². The van der Waals surface area contributed by atoms with Crippen molar-refractivity contribution in [3.63, 3.8) is 0 Å². The molecule has 4 heteroatoms. The van der Waals surface area contributed by atoms with Gasteiger partial charge in [0.25, 0.3) is 0 Å². The van der Waals surface area contributed by atoms with Crippen molar-refractivity contribution in [2.75, 3.05) is 4.90 Å². The average Bonchev–Trinajstić information content (AvgIpc) is 3.55. The van der Waals surface area contributed by atoms with Crippen molar-refractivity contribution < 1.29 is 4.42 Å². The van der Waals surface area contributed by atoms with E-state index in [9.17, 15) is 0 Å². The Kier molecular flexibility index (Phi) is 3.75. The van der Waals surface area contributed by atoms with Crippen LogP contribution in [0.2, 0.25) is 0 Å². The van der Waals surface area contributed by atoms with Gasteiger partial charge >= 0.3 is 6.85 Å². The third-order valence-corrected chi connectivity index (χ3v) is 8.93. The maximum atomic E-state index is 6.61. The first kappa shape index (κ1) is 20.7. The standard InChI is InChI=1S/C36H21BN2O/c1-2-12-23(13-3-1)38-29-19-8-7-18-28(29)37-33-30(38)21-22-11-4-5-14-24(22)32(33)26-16-10-17-27-34(26)39(37)35-25-15-6-9-20-31(25)40-36(27)35/h1-21H. The molecular formula is C36H21BN2O. The molecule has 40 heavy (non-hydrogen) atoms. The van der Waals surface area contributed by atoms with Crippen molar-refractivity contribution in [2.24, 2.45) is 0 Å². The zero-order valence-electron chi connectivity index (χ0n) is 21.5. The molecule has 3 nitrogen and oxygen atoms in total. The number of nitrogens with zero attached hydrogens (tertiary/aromatic N) is 2. The fourth-order valence-electron chi connectivity index (χ4n) is 7.44. The Morgan fingerprint density at radius 2 is 1.32 bits per heavy atom. The topological polar surface area (TPSA) is 21.3 Å². The SMILES string of the molecule is c1ccc(N2c3ccccc3B3c4c2cc2ccccc2c4-c2cccc4c5oc6ccccc6c5n3c24)cc1. The van der Waals surface area contributed by atoms with E-state index in [1.54, 1.807) is 0 Å². The first-order valence-electron chi connectivity index (χ1n) is 13.8. The Labute approximate surface area is 230 Å². The lowest BCUT2D eigenvalue weighted by molar-refractivity contribution is 0.673. The van der Waals surface area contributed by atoms with Gasteiger partial charge < -0.3 is 13.8 Å². The Morgan fingerprint density at radius 1 is 0.575 bits per heavy atom. The molecule has 184 valence electrons. The van der Waals surface area contributed by atoms with Crippen LogP contribution in [0.4, 0.5) is 17.1 Å². The minimum absolute atomic E-state index is 0.0154. The van der Waals surface area contributed by atoms with E-state index in [4.69, 9.17) is 4.42 Å². The predicted octanol–water partition coefficient (Wildman–Crippen LogP) is 8.11. The van der Waals surface area contributed by atoms with E-state index in [2.05, 4.69) is 137 Å². The minimum Gasteiger partial charge on any atom is -0.454 e. The summed E-state index contributed by atoms with van der Waals surface area (Å²) in [5.74, 6) is 0. The summed E-state index contributed by atoms with van der Waals surface area (Å²) in [5.41, 5.74) is 13.2. The summed E-state index contributed by atoms with van der Waals surface area (Å²) in [6, 6.07) is 46.1. The summed E-state index contributed by atoms with van der Waals surface area (Å²) in [6.07, 6.45) is 0. The number of hydrogen-bond donors (Lipinski definition) is 0. The van der Waals surface area contributed by atoms with Crippen molar-refractivity contribution in [3.8, 4) is 11.1 Å². The fraction of sp³-hybridized carbons (Fsp3) is 0. The molecule has 6 aromatic carbocycles. The molecule has 0 fully saturated rings. The maximum absolute atomic E-state index is 6.61. The highest BCUT2D eigenvalue weighted by Crippen LogP contribution is 2.48. The zero-order chi connectivity index (χ0) is 25.9. The van der Waals surface area contributed by atoms with Gasteiger partial charge in [-0.25, -0.2) is 0 Å². The lowest BCUT2D eigenvalue weighted by atomic mass is 9.45. The molecule has 2 aliphatic heterocycles. The van der Waals surface area contributed by atoms with Gasteiger partial charge in [0, 0.05) is 38.9 Å². The van der Waals surface area contributed by atoms with E-state index in [1.807, 2.05) is 0 Å². The summed E-state index contributed by atoms with van der Waals surface area (Å²) in [6.45, 7) is 0.0154. The van der Waals surface area contributed by atoms with E-state index in [0.29, 0.717) is 0 Å². The highest BCUT2D eigenvalue weighted by Gasteiger charge is 2.43. The molecule has 8 aromatic rings. The van der Waals surface area contributed by atoms with E-state index in [1.165, 1.54) is 66.3 Å². The van der Waals surface area contributed by atoms with E-state index < -0.39 is 0 Å². The van der Waals surface area contributed by atoms with Gasteiger partial charge in [-0.15, -0.1) is 0 Å². The second kappa shape index (κ2) is 7.25. The van der Waals surface area contributed by atoms with Crippen LogP contribution in [0.1, 0.15) is 0 Å². The normalized spacial score (nSPS) is 13.4. The predicted molar refractivity (Wildman–Crippen MR) is 167 cm³/mol. The van der Waals surface area contributed by atoms with Gasteiger partial charge in [-0.05, 0) is 69.7 Å². The highest BCUT2D eigenvalue weighted by atomic mass is 16.3. The molecule has 0 saturated carbocycles. The Balaban J connectivity index is 1.47. The molecule has 0 amide bonds. The van der Waals surface area contributed by atoms with E-state index in [0.717, 1.165) is 16.6 Å². The lowest BCUT2D eigenvalue weighted by Gasteiger charge is -2.40. The van der Waals surface area contributed by atoms with Crippen LogP contribution in [0.5, 0.6) is 0 Å². The molecular weight excluding hydrogens is 487 g/mol. The van der Waals surface area contributed by atoms with Crippen molar-refractivity contribution in [2.45, 2.75) is 0 Å². The van der Waals surface area contributed by atoms with E-state index >= 15 is 0 Å². The van der Waals surface area contributed by atoms with Gasteiger partial charge in [0.2, 0.25) is 0 Å². The second-order valence-corrected chi connectivity index (χ2v) is 10.9. The van der Waals surface area contributed by atoms with Crippen LogP contribution in [0.25, 0.3) is 54.9 Å². The molecule has 2 aliphatic rings. The van der Waals surface area contributed by atoms with Crippen molar-refractivity contribution in [1.29, 1.82) is 0 Å². The molecule has 0 saturated heterocycles. The number of para-hydroxylation sites is 4. The van der Waals surface area contributed by atoms with Crippen LogP contribution in [0.15, 0.2) is 132 Å². The fourth-order valence-corrected chi connectivity index (χ4v) is 7.44. The molecule has 4 heterocycles. The average molecular weight is 508 g/mol. The van der Waals surface area contributed by atoms with Crippen molar-refractivity contribution >= 4 is 78.6 Å². The smallest absolute Gasteiger partial charge is 0.333 e. The van der Waals surface area contributed by atoms with Crippen LogP contribution in [-0.4, -0.2) is 11.3 Å². The van der Waals surface area contributed by atoms with Gasteiger partial charge in [0.1, 0.15) is 5.58 Å². The number of furan rings is 1. The van der Waals surface area contributed by atoms with Crippen molar-refractivity contribution in [3.05, 3.63) is 127 Å². The molecule has 0 bridgehead atoms. The maximum Gasteiger partial charge on any atom is 0.333 e. The number of fused-ring (bicyclic) bond motifs is 11. The highest BCUT2D eigenvalue weighted by molar-refractivity contribution is 6.90. The monoisotopic (exact) mass is 508 g/mol. The third kappa shape index (κ3) is 2.39. The quantitative estimate of drug-likeness (QED) is 0.209. The molecule has 0 radical (unpaired) electrons. The number of anilines is 3. The van der Waals surface area contributed by atoms with Crippen LogP contribution in [0, 0.1) is 0 Å². The summed E-state index contributed by atoms with van der Waals surface area (Å²) >= 11 is 0. The van der Waals surface area contributed by atoms with Crippen molar-refractivity contribution in [1.82, 2.24) is 4.48 Å². The molecule has 0 unspecified atom stereocenters. The van der Waals surface area contributed by atoms with Gasteiger partial charge in [-0.1, -0.05) is 84.9 Å². The summed E-state index contributed by atoms with van der Waals surface area (Å²) in [5, 5.41) is 4.88. The van der Waals surface area contributed by atoms with Crippen LogP contribution >= 0.6 is 0 Å². The summed E-state index contributed by atoms with van der Waals surface area (Å²) < 4.78 is 9.18. The van der Waals surface area contributed by atoms with Gasteiger partial charge in [0.05, 0.1) is 5.52 Å². The first-order chi connectivity index (χ1) is 19.9. The molecule has 10 rings (SSSR count). The Bertz CT molecular complexity index is 2350. The lowest BCUT2D eigenvalue weighted by Crippen LogP contribution is -2.56. The largest absolute Gasteiger partial charge is 0.454 e. The second-order valence-electron chi connectivity index (χ2n) is 10.9. The number of benzene rings is 6.